The molecule has 0 aromatic rings. The van der Waals surface area contributed by atoms with E-state index < -0.39 is 0 Å². The van der Waals surface area contributed by atoms with Crippen LogP contribution in [0.1, 0.15) is 53.4 Å². The van der Waals surface area contributed by atoms with Gasteiger partial charge in [-0.15, -0.1) is 11.8 Å². The van der Waals surface area contributed by atoms with Gasteiger partial charge in [-0.05, 0) is 50.7 Å². The summed E-state index contributed by atoms with van der Waals surface area (Å²) in [5.41, 5.74) is 5.98. The fraction of sp³-hybridized carbons (Fsp3) is 0.933. The summed E-state index contributed by atoms with van der Waals surface area (Å²) < 4.78 is 0. The van der Waals surface area contributed by atoms with Gasteiger partial charge >= 0.3 is 0 Å². The highest BCUT2D eigenvalue weighted by atomic mass is 32.2. The molecule has 0 spiro atoms. The van der Waals surface area contributed by atoms with Crippen LogP contribution in [0, 0.1) is 17.8 Å². The molecular weight excluding hydrogens is 240 g/mol. The van der Waals surface area contributed by atoms with Crippen molar-refractivity contribution in [2.75, 3.05) is 6.26 Å². The normalized spacial score (nSPS) is 29.4. The molecule has 1 fully saturated rings. The van der Waals surface area contributed by atoms with E-state index in [1.54, 1.807) is 0 Å². The lowest BCUT2D eigenvalue weighted by Crippen LogP contribution is -2.30. The molecule has 0 amide bonds. The summed E-state index contributed by atoms with van der Waals surface area (Å²) in [4.78, 5) is 5.00. The molecule has 1 rings (SSSR count). The minimum Gasteiger partial charge on any atom is -0.328 e. The van der Waals surface area contributed by atoms with Gasteiger partial charge in [0, 0.05) is 12.0 Å². The summed E-state index contributed by atoms with van der Waals surface area (Å²) in [7, 11) is 0. The quantitative estimate of drug-likeness (QED) is 0.620. The molecule has 0 aromatic heterocycles. The van der Waals surface area contributed by atoms with Crippen LogP contribution in [0.25, 0.3) is 0 Å². The van der Waals surface area contributed by atoms with Crippen molar-refractivity contribution in [1.82, 2.24) is 0 Å². The van der Waals surface area contributed by atoms with E-state index in [-0.39, 0.29) is 0 Å². The number of thioether (sulfide) groups is 1. The summed E-state index contributed by atoms with van der Waals surface area (Å²) in [6, 6.07) is 0.861. The molecule has 0 bridgehead atoms. The van der Waals surface area contributed by atoms with Gasteiger partial charge in [0.25, 0.3) is 0 Å². The number of hydrogen-bond acceptors (Lipinski definition) is 3. The minimum absolute atomic E-state index is 0.427. The van der Waals surface area contributed by atoms with E-state index in [1.165, 1.54) is 30.7 Å². The van der Waals surface area contributed by atoms with Crippen molar-refractivity contribution in [3.8, 4) is 0 Å². The Bertz CT molecular complexity index is 268. The second-order valence-electron chi connectivity index (χ2n) is 6.13. The first kappa shape index (κ1) is 16.0. The van der Waals surface area contributed by atoms with Crippen LogP contribution in [0.3, 0.4) is 0 Å². The van der Waals surface area contributed by atoms with Crippen LogP contribution < -0.4 is 5.73 Å². The second kappa shape index (κ2) is 7.54. The van der Waals surface area contributed by atoms with Gasteiger partial charge in [-0.25, -0.2) is 0 Å². The summed E-state index contributed by atoms with van der Waals surface area (Å²) >= 11 is 1.84. The Balaban J connectivity index is 2.64. The van der Waals surface area contributed by atoms with Gasteiger partial charge in [-0.2, -0.15) is 0 Å². The van der Waals surface area contributed by atoms with Crippen LogP contribution in [-0.2, 0) is 0 Å². The molecule has 2 atom stereocenters. The third-order valence-corrected chi connectivity index (χ3v) is 5.33. The van der Waals surface area contributed by atoms with Gasteiger partial charge in [0.2, 0.25) is 0 Å². The van der Waals surface area contributed by atoms with Crippen LogP contribution in [-0.4, -0.2) is 23.4 Å². The van der Waals surface area contributed by atoms with Crippen molar-refractivity contribution in [3.05, 3.63) is 0 Å². The van der Waals surface area contributed by atoms with Gasteiger partial charge in [0.1, 0.15) is 0 Å². The summed E-state index contributed by atoms with van der Waals surface area (Å²) in [5.74, 6) is 2.02. The van der Waals surface area contributed by atoms with Crippen molar-refractivity contribution in [2.45, 2.75) is 65.5 Å². The average molecular weight is 270 g/mol. The molecule has 18 heavy (non-hydrogen) atoms. The predicted octanol–water partition coefficient (Wildman–Crippen LogP) is 3.95. The van der Waals surface area contributed by atoms with Crippen molar-refractivity contribution in [2.24, 2.45) is 28.5 Å². The summed E-state index contributed by atoms with van der Waals surface area (Å²) in [6.07, 6.45) is 6.95. The first-order chi connectivity index (χ1) is 8.45. The number of nitrogens with zero attached hydrogens (tertiary/aromatic N) is 1. The molecule has 1 aliphatic carbocycles. The van der Waals surface area contributed by atoms with Crippen LogP contribution in [0.4, 0.5) is 0 Å². The van der Waals surface area contributed by atoms with Gasteiger partial charge in [-0.3, -0.25) is 4.99 Å². The summed E-state index contributed by atoms with van der Waals surface area (Å²) in [5, 5.41) is 1.36. The van der Waals surface area contributed by atoms with Crippen LogP contribution in [0.5, 0.6) is 0 Å². The third kappa shape index (κ3) is 4.58. The Labute approximate surface area is 117 Å². The van der Waals surface area contributed by atoms with E-state index in [4.69, 9.17) is 10.7 Å². The standard InChI is InChI=1S/C15H30N2S/c1-10(2)11(3)12(4)17-15(18-5)13-6-8-14(16)9-7-13/h10-14H,6-9,16H2,1-5H3/b17-15-/t11-,12-,13-,14-/m1/s1. The highest BCUT2D eigenvalue weighted by molar-refractivity contribution is 8.13. The molecule has 3 heteroatoms. The predicted molar refractivity (Wildman–Crippen MR) is 84.3 cm³/mol. The molecule has 0 saturated heterocycles. The molecule has 1 saturated carbocycles. The highest BCUT2D eigenvalue weighted by Gasteiger charge is 2.24. The monoisotopic (exact) mass is 270 g/mol. The second-order valence-corrected chi connectivity index (χ2v) is 6.95. The van der Waals surface area contributed by atoms with Crippen molar-refractivity contribution >= 4 is 16.8 Å². The number of rotatable bonds is 4. The maximum atomic E-state index is 5.98. The van der Waals surface area contributed by atoms with E-state index in [0.717, 1.165) is 0 Å². The molecule has 0 heterocycles. The fourth-order valence-electron chi connectivity index (χ4n) is 2.57. The lowest BCUT2D eigenvalue weighted by molar-refractivity contribution is 0.359. The highest BCUT2D eigenvalue weighted by Crippen LogP contribution is 2.29. The maximum Gasteiger partial charge on any atom is 0.0707 e. The first-order valence-electron chi connectivity index (χ1n) is 7.33. The van der Waals surface area contributed by atoms with Gasteiger partial charge in [0.05, 0.1) is 11.1 Å². The van der Waals surface area contributed by atoms with Gasteiger partial charge in [-0.1, -0.05) is 20.8 Å². The Morgan fingerprint density at radius 2 is 1.67 bits per heavy atom. The largest absolute Gasteiger partial charge is 0.328 e. The third-order valence-electron chi connectivity index (χ3n) is 4.47. The van der Waals surface area contributed by atoms with E-state index in [2.05, 4.69) is 34.0 Å². The molecule has 0 aromatic carbocycles. The van der Waals surface area contributed by atoms with Crippen molar-refractivity contribution < 1.29 is 0 Å². The first-order valence-corrected chi connectivity index (χ1v) is 8.55. The Hall–Kier alpha value is -0.0200. The Morgan fingerprint density at radius 1 is 1.11 bits per heavy atom. The van der Waals surface area contributed by atoms with Crippen LogP contribution in [0.15, 0.2) is 4.99 Å². The average Bonchev–Trinajstić information content (AvgIpc) is 2.35. The maximum absolute atomic E-state index is 5.98. The molecule has 0 aliphatic heterocycles. The van der Waals surface area contributed by atoms with E-state index in [0.29, 0.717) is 29.8 Å². The van der Waals surface area contributed by atoms with Gasteiger partial charge < -0.3 is 5.73 Å². The molecule has 106 valence electrons. The smallest absolute Gasteiger partial charge is 0.0707 e. The zero-order valence-corrected chi connectivity index (χ0v) is 13.5. The molecule has 1 aliphatic rings. The Kier molecular flexibility index (Phi) is 6.72. The number of nitrogens with two attached hydrogens (primary N) is 1. The van der Waals surface area contributed by atoms with E-state index >= 15 is 0 Å². The lowest BCUT2D eigenvalue weighted by Gasteiger charge is -2.28. The molecule has 2 N–H and O–H groups in total. The van der Waals surface area contributed by atoms with E-state index in [1.807, 2.05) is 11.8 Å². The zero-order chi connectivity index (χ0) is 13.7. The molecular formula is C15H30N2S. The SMILES string of the molecule is CS/C(=N\[C@H](C)[C@H](C)C(C)C)[C@H]1CC[C@H](N)CC1. The number of aliphatic imine (C=N–C) groups is 1. The Morgan fingerprint density at radius 3 is 2.11 bits per heavy atom. The van der Waals surface area contributed by atoms with Crippen LogP contribution >= 0.6 is 11.8 Å². The van der Waals surface area contributed by atoms with E-state index in [9.17, 15) is 0 Å². The molecule has 2 nitrogen and oxygen atoms in total. The topological polar surface area (TPSA) is 38.4 Å². The molecule has 0 unspecified atom stereocenters. The number of hydrogen-bond donors (Lipinski definition) is 1. The molecule has 0 radical (unpaired) electrons. The van der Waals surface area contributed by atoms with Crippen LogP contribution in [0.2, 0.25) is 0 Å². The lowest BCUT2D eigenvalue weighted by atomic mass is 9.86. The minimum atomic E-state index is 0.427. The fourth-order valence-corrected chi connectivity index (χ4v) is 3.41. The summed E-state index contributed by atoms with van der Waals surface area (Å²) in [6.45, 7) is 9.15. The van der Waals surface area contributed by atoms with Crippen molar-refractivity contribution in [1.29, 1.82) is 0 Å². The van der Waals surface area contributed by atoms with Crippen molar-refractivity contribution in [3.63, 3.8) is 0 Å². The zero-order valence-electron chi connectivity index (χ0n) is 12.6. The van der Waals surface area contributed by atoms with Gasteiger partial charge in [0.15, 0.2) is 0 Å².